The fourth-order valence-electron chi connectivity index (χ4n) is 3.25. The van der Waals surface area contributed by atoms with E-state index in [0.717, 1.165) is 28.2 Å². The van der Waals surface area contributed by atoms with Gasteiger partial charge in [-0.3, -0.25) is 4.79 Å². The number of para-hydroxylation sites is 1. The van der Waals surface area contributed by atoms with E-state index < -0.39 is 0 Å². The van der Waals surface area contributed by atoms with E-state index in [-0.39, 0.29) is 18.4 Å². The van der Waals surface area contributed by atoms with Gasteiger partial charge in [-0.2, -0.15) is 0 Å². The van der Waals surface area contributed by atoms with Gasteiger partial charge in [0.15, 0.2) is 11.5 Å². The summed E-state index contributed by atoms with van der Waals surface area (Å²) in [5, 5.41) is 6.09. The molecule has 7 heteroatoms. The number of aromatic nitrogens is 1. The van der Waals surface area contributed by atoms with Crippen LogP contribution in [0.15, 0.2) is 47.8 Å². The van der Waals surface area contributed by atoms with Crippen molar-refractivity contribution in [2.75, 3.05) is 20.0 Å². The van der Waals surface area contributed by atoms with Gasteiger partial charge in [0.05, 0.1) is 32.4 Å². The zero-order chi connectivity index (χ0) is 21.5. The minimum Gasteiger partial charge on any atom is -0.493 e. The van der Waals surface area contributed by atoms with Crippen molar-refractivity contribution in [2.45, 2.75) is 32.2 Å². The molecule has 0 bridgehead atoms. The molecule has 1 atom stereocenters. The van der Waals surface area contributed by atoms with Crippen molar-refractivity contribution in [1.29, 1.82) is 0 Å². The molecule has 3 N–H and O–H groups in total. The Hall–Kier alpha value is -3.06. The lowest BCUT2D eigenvalue weighted by Gasteiger charge is -2.18. The van der Waals surface area contributed by atoms with Crippen LogP contribution in [0.5, 0.6) is 11.5 Å². The number of carbonyl (C=O) groups is 1. The van der Waals surface area contributed by atoms with Crippen LogP contribution in [0.4, 0.5) is 5.69 Å². The highest BCUT2D eigenvalue weighted by Crippen LogP contribution is 2.31. The van der Waals surface area contributed by atoms with Crippen LogP contribution in [0.1, 0.15) is 34.8 Å². The molecular formula is C23H27N3O3S. The molecule has 1 heterocycles. The highest BCUT2D eigenvalue weighted by molar-refractivity contribution is 7.09. The highest BCUT2D eigenvalue weighted by Gasteiger charge is 2.20. The first kappa shape index (κ1) is 21.6. The van der Waals surface area contributed by atoms with Crippen molar-refractivity contribution in [2.24, 2.45) is 0 Å². The monoisotopic (exact) mass is 425 g/mol. The Bertz CT molecular complexity index is 986. The number of nitrogen functional groups attached to an aromatic ring is 1. The van der Waals surface area contributed by atoms with E-state index in [1.807, 2.05) is 47.8 Å². The van der Waals surface area contributed by atoms with E-state index in [4.69, 9.17) is 20.2 Å². The predicted octanol–water partition coefficient (Wildman–Crippen LogP) is 3.95. The molecule has 3 aromatic rings. The summed E-state index contributed by atoms with van der Waals surface area (Å²) in [5.74, 6) is 1.08. The van der Waals surface area contributed by atoms with Crippen molar-refractivity contribution in [3.8, 4) is 11.5 Å². The smallest absolute Gasteiger partial charge is 0.225 e. The van der Waals surface area contributed by atoms with Crippen LogP contribution in [0.3, 0.4) is 0 Å². The Morgan fingerprint density at radius 3 is 2.57 bits per heavy atom. The zero-order valence-corrected chi connectivity index (χ0v) is 18.3. The second-order valence-corrected chi connectivity index (χ2v) is 7.82. The van der Waals surface area contributed by atoms with Gasteiger partial charge in [0.1, 0.15) is 5.01 Å². The van der Waals surface area contributed by atoms with Crippen LogP contribution >= 0.6 is 11.3 Å². The molecule has 2 aromatic carbocycles. The van der Waals surface area contributed by atoms with Gasteiger partial charge < -0.3 is 20.5 Å². The molecule has 0 spiro atoms. The lowest BCUT2D eigenvalue weighted by Crippen LogP contribution is -2.31. The number of rotatable bonds is 9. The molecule has 3 rings (SSSR count). The molecule has 158 valence electrons. The number of thiazole rings is 1. The predicted molar refractivity (Wildman–Crippen MR) is 120 cm³/mol. The topological polar surface area (TPSA) is 86.5 Å². The highest BCUT2D eigenvalue weighted by atomic mass is 32.1. The molecule has 0 saturated carbocycles. The third kappa shape index (κ3) is 5.30. The van der Waals surface area contributed by atoms with Gasteiger partial charge in [0, 0.05) is 16.6 Å². The zero-order valence-electron chi connectivity index (χ0n) is 17.5. The SMILES string of the molecule is CCc1csc(C(Cc2ccc(N)cc2)NC(=O)Cc2cccc(OC)c2OC)n1. The van der Waals surface area contributed by atoms with Gasteiger partial charge in [-0.05, 0) is 36.6 Å². The molecule has 0 fully saturated rings. The van der Waals surface area contributed by atoms with E-state index in [9.17, 15) is 4.79 Å². The second-order valence-electron chi connectivity index (χ2n) is 6.93. The molecule has 1 unspecified atom stereocenters. The summed E-state index contributed by atoms with van der Waals surface area (Å²) < 4.78 is 10.8. The average Bonchev–Trinajstić information content (AvgIpc) is 3.24. The summed E-state index contributed by atoms with van der Waals surface area (Å²) in [6, 6.07) is 13.0. The van der Waals surface area contributed by atoms with Crippen LogP contribution in [0, 0.1) is 0 Å². The maximum absolute atomic E-state index is 12.9. The number of benzene rings is 2. The van der Waals surface area contributed by atoms with Crippen molar-refractivity contribution < 1.29 is 14.3 Å². The molecule has 1 aromatic heterocycles. The van der Waals surface area contributed by atoms with E-state index >= 15 is 0 Å². The lowest BCUT2D eigenvalue weighted by atomic mass is 10.0. The van der Waals surface area contributed by atoms with Crippen molar-refractivity contribution in [3.63, 3.8) is 0 Å². The molecule has 1 amide bonds. The number of nitrogens with zero attached hydrogens (tertiary/aromatic N) is 1. The van der Waals surface area contributed by atoms with Gasteiger partial charge in [-0.1, -0.05) is 31.2 Å². The average molecular weight is 426 g/mol. The molecule has 0 aliphatic rings. The maximum atomic E-state index is 12.9. The lowest BCUT2D eigenvalue weighted by molar-refractivity contribution is -0.121. The molecule has 0 aliphatic heterocycles. The Morgan fingerprint density at radius 1 is 1.17 bits per heavy atom. The number of nitrogens with one attached hydrogen (secondary N) is 1. The fraction of sp³-hybridized carbons (Fsp3) is 0.304. The first-order valence-corrected chi connectivity index (χ1v) is 10.7. The van der Waals surface area contributed by atoms with Gasteiger partial charge in [0.2, 0.25) is 5.91 Å². The fourth-order valence-corrected chi connectivity index (χ4v) is 4.20. The van der Waals surface area contributed by atoms with Crippen molar-refractivity contribution >= 4 is 22.9 Å². The summed E-state index contributed by atoms with van der Waals surface area (Å²) >= 11 is 1.57. The minimum atomic E-state index is -0.219. The third-order valence-electron chi connectivity index (χ3n) is 4.82. The molecule has 0 aliphatic carbocycles. The van der Waals surface area contributed by atoms with Crippen molar-refractivity contribution in [1.82, 2.24) is 10.3 Å². The number of nitrogens with two attached hydrogens (primary N) is 1. The van der Waals surface area contributed by atoms with E-state index in [1.54, 1.807) is 25.6 Å². The van der Waals surface area contributed by atoms with Crippen LogP contribution in [0.2, 0.25) is 0 Å². The van der Waals surface area contributed by atoms with E-state index in [1.165, 1.54) is 0 Å². The van der Waals surface area contributed by atoms with E-state index in [0.29, 0.717) is 23.6 Å². The molecule has 30 heavy (non-hydrogen) atoms. The standard InChI is InChI=1S/C23H27N3O3S/c1-4-18-14-30-23(25-18)19(12-15-8-10-17(24)11-9-15)26-21(27)13-16-6-5-7-20(28-2)22(16)29-3/h5-11,14,19H,4,12-13,24H2,1-3H3,(H,26,27). The third-order valence-corrected chi connectivity index (χ3v) is 5.83. The maximum Gasteiger partial charge on any atom is 0.225 e. The van der Waals surface area contributed by atoms with Crippen LogP contribution in [-0.2, 0) is 24.1 Å². The molecule has 0 saturated heterocycles. The summed E-state index contributed by atoms with van der Waals surface area (Å²) in [4.78, 5) is 17.6. The number of amides is 1. The number of methoxy groups -OCH3 is 2. The van der Waals surface area contributed by atoms with Gasteiger partial charge in [0.25, 0.3) is 0 Å². The first-order chi connectivity index (χ1) is 14.5. The van der Waals surface area contributed by atoms with Crippen molar-refractivity contribution in [3.05, 3.63) is 69.7 Å². The summed E-state index contributed by atoms with van der Waals surface area (Å²) in [5.41, 5.74) is 9.41. The van der Waals surface area contributed by atoms with Crippen LogP contribution < -0.4 is 20.5 Å². The molecular weight excluding hydrogens is 398 g/mol. The van der Waals surface area contributed by atoms with Gasteiger partial charge in [-0.25, -0.2) is 4.98 Å². The minimum absolute atomic E-state index is 0.102. The molecule has 6 nitrogen and oxygen atoms in total. The van der Waals surface area contributed by atoms with E-state index in [2.05, 4.69) is 12.2 Å². The van der Waals surface area contributed by atoms with Gasteiger partial charge in [-0.15, -0.1) is 11.3 Å². The number of hydrogen-bond acceptors (Lipinski definition) is 6. The summed E-state index contributed by atoms with van der Waals surface area (Å²) in [7, 11) is 3.16. The normalized spacial score (nSPS) is 11.7. The number of carbonyl (C=O) groups excluding carboxylic acids is 1. The Balaban J connectivity index is 1.80. The van der Waals surface area contributed by atoms with Crippen LogP contribution in [0.25, 0.3) is 0 Å². The Labute approximate surface area is 181 Å². The quantitative estimate of drug-likeness (QED) is 0.507. The Morgan fingerprint density at radius 2 is 1.93 bits per heavy atom. The second kappa shape index (κ2) is 10.1. The Kier molecular flexibility index (Phi) is 7.30. The van der Waals surface area contributed by atoms with Gasteiger partial charge >= 0.3 is 0 Å². The van der Waals surface area contributed by atoms with Crippen LogP contribution in [-0.4, -0.2) is 25.1 Å². The number of hydrogen-bond donors (Lipinski definition) is 2. The first-order valence-electron chi connectivity index (χ1n) is 9.82. The summed E-state index contributed by atoms with van der Waals surface area (Å²) in [6.45, 7) is 2.07. The number of anilines is 1. The summed E-state index contributed by atoms with van der Waals surface area (Å²) in [6.07, 6.45) is 1.68. The largest absolute Gasteiger partial charge is 0.493 e. The number of aryl methyl sites for hydroxylation is 1. The molecule has 0 radical (unpaired) electrons. The number of ether oxygens (including phenoxy) is 2.